The average Bonchev–Trinajstić information content (AvgIpc) is 2.38. The minimum absolute atomic E-state index is 0.0960. The molecular formula is C14H20ClNO2. The van der Waals surface area contributed by atoms with Gasteiger partial charge in [0.05, 0.1) is 12.1 Å². The molecule has 4 heteroatoms. The van der Waals surface area contributed by atoms with Crippen molar-refractivity contribution in [1.29, 1.82) is 0 Å². The number of methoxy groups -OCH3 is 1. The van der Waals surface area contributed by atoms with Crippen molar-refractivity contribution in [1.82, 2.24) is 5.32 Å². The van der Waals surface area contributed by atoms with Crippen LogP contribution in [0, 0.1) is 5.92 Å². The van der Waals surface area contributed by atoms with Gasteiger partial charge in [0, 0.05) is 12.5 Å². The summed E-state index contributed by atoms with van der Waals surface area (Å²) in [6.45, 7) is 4.55. The third-order valence-electron chi connectivity index (χ3n) is 3.04. The number of nitrogens with one attached hydrogen (secondary N) is 1. The Morgan fingerprint density at radius 1 is 1.39 bits per heavy atom. The summed E-state index contributed by atoms with van der Waals surface area (Å²) in [7, 11) is 1.58. The van der Waals surface area contributed by atoms with Crippen LogP contribution in [0.4, 0.5) is 0 Å². The Hall–Kier alpha value is -1.22. The fourth-order valence-corrected chi connectivity index (χ4v) is 2.09. The van der Waals surface area contributed by atoms with Gasteiger partial charge in [-0.1, -0.05) is 31.5 Å². The molecule has 0 aliphatic rings. The van der Waals surface area contributed by atoms with Crippen LogP contribution < -0.4 is 10.1 Å². The summed E-state index contributed by atoms with van der Waals surface area (Å²) in [5.74, 6) is 0.845. The molecule has 0 bridgehead atoms. The van der Waals surface area contributed by atoms with E-state index in [2.05, 4.69) is 5.32 Å². The van der Waals surface area contributed by atoms with Crippen LogP contribution in [0.5, 0.6) is 5.75 Å². The van der Waals surface area contributed by atoms with Crippen molar-refractivity contribution in [2.45, 2.75) is 33.2 Å². The first-order valence-electron chi connectivity index (χ1n) is 6.22. The zero-order valence-electron chi connectivity index (χ0n) is 11.1. The highest BCUT2D eigenvalue weighted by Crippen LogP contribution is 2.24. The molecule has 0 aliphatic carbocycles. The maximum Gasteiger partial charge on any atom is 0.223 e. The predicted molar refractivity (Wildman–Crippen MR) is 73.9 cm³/mol. The highest BCUT2D eigenvalue weighted by molar-refractivity contribution is 6.32. The van der Waals surface area contributed by atoms with E-state index < -0.39 is 0 Å². The van der Waals surface area contributed by atoms with Crippen molar-refractivity contribution < 1.29 is 9.53 Å². The second kappa shape index (κ2) is 7.27. The maximum atomic E-state index is 11.8. The fourth-order valence-electron chi connectivity index (χ4n) is 1.81. The Labute approximate surface area is 113 Å². The number of hydrogen-bond acceptors (Lipinski definition) is 2. The maximum absolute atomic E-state index is 11.8. The molecule has 0 saturated heterocycles. The minimum atomic E-state index is 0.0960. The normalized spacial score (nSPS) is 10.5. The van der Waals surface area contributed by atoms with Crippen molar-refractivity contribution >= 4 is 17.5 Å². The molecule has 18 heavy (non-hydrogen) atoms. The van der Waals surface area contributed by atoms with Crippen LogP contribution in [0.2, 0.25) is 5.02 Å². The number of rotatable bonds is 6. The molecule has 0 heterocycles. The lowest BCUT2D eigenvalue weighted by Gasteiger charge is -2.13. The summed E-state index contributed by atoms with van der Waals surface area (Å²) >= 11 is 6.02. The quantitative estimate of drug-likeness (QED) is 0.860. The van der Waals surface area contributed by atoms with Gasteiger partial charge in [0.1, 0.15) is 5.75 Å². The first-order chi connectivity index (χ1) is 8.62. The van der Waals surface area contributed by atoms with Gasteiger partial charge < -0.3 is 10.1 Å². The summed E-state index contributed by atoms with van der Waals surface area (Å²) in [6.07, 6.45) is 1.73. The van der Waals surface area contributed by atoms with E-state index in [0.29, 0.717) is 17.3 Å². The number of halogens is 1. The second-order valence-corrected chi connectivity index (χ2v) is 4.61. The average molecular weight is 270 g/mol. The van der Waals surface area contributed by atoms with Gasteiger partial charge in [0.25, 0.3) is 0 Å². The molecule has 1 rings (SSSR count). The smallest absolute Gasteiger partial charge is 0.223 e. The van der Waals surface area contributed by atoms with Crippen LogP contribution in [0.25, 0.3) is 0 Å². The standard InChI is InChI=1S/C14H20ClNO2/c1-4-11(5-2)14(17)16-9-10-6-7-13(18-3)12(15)8-10/h6-8,11H,4-5,9H2,1-3H3,(H,16,17). The molecule has 0 atom stereocenters. The molecule has 0 aromatic heterocycles. The van der Waals surface area contributed by atoms with Crippen LogP contribution in [-0.4, -0.2) is 13.0 Å². The van der Waals surface area contributed by atoms with E-state index in [0.717, 1.165) is 18.4 Å². The first-order valence-corrected chi connectivity index (χ1v) is 6.60. The number of carbonyl (C=O) groups excluding carboxylic acids is 1. The third kappa shape index (κ3) is 3.91. The predicted octanol–water partition coefficient (Wildman–Crippen LogP) is 3.40. The van der Waals surface area contributed by atoms with Crippen molar-refractivity contribution in [2.75, 3.05) is 7.11 Å². The van der Waals surface area contributed by atoms with Gasteiger partial charge in [-0.2, -0.15) is 0 Å². The van der Waals surface area contributed by atoms with E-state index in [1.54, 1.807) is 13.2 Å². The molecule has 1 aromatic carbocycles. The number of amides is 1. The largest absolute Gasteiger partial charge is 0.495 e. The van der Waals surface area contributed by atoms with Gasteiger partial charge in [-0.25, -0.2) is 0 Å². The number of ether oxygens (including phenoxy) is 1. The molecule has 1 amide bonds. The minimum Gasteiger partial charge on any atom is -0.495 e. The van der Waals surface area contributed by atoms with Crippen molar-refractivity contribution in [3.05, 3.63) is 28.8 Å². The molecule has 0 spiro atoms. The Balaban J connectivity index is 2.58. The van der Waals surface area contributed by atoms with Gasteiger partial charge in [-0.05, 0) is 30.5 Å². The monoisotopic (exact) mass is 269 g/mol. The highest BCUT2D eigenvalue weighted by Gasteiger charge is 2.13. The zero-order chi connectivity index (χ0) is 13.5. The van der Waals surface area contributed by atoms with E-state index in [1.807, 2.05) is 26.0 Å². The highest BCUT2D eigenvalue weighted by atomic mass is 35.5. The third-order valence-corrected chi connectivity index (χ3v) is 3.33. The summed E-state index contributed by atoms with van der Waals surface area (Å²) in [4.78, 5) is 11.8. The van der Waals surface area contributed by atoms with Crippen molar-refractivity contribution in [2.24, 2.45) is 5.92 Å². The second-order valence-electron chi connectivity index (χ2n) is 4.20. The fraction of sp³-hybridized carbons (Fsp3) is 0.500. The first kappa shape index (κ1) is 14.8. The van der Waals surface area contributed by atoms with Crippen molar-refractivity contribution in [3.63, 3.8) is 0 Å². The molecule has 3 nitrogen and oxygen atoms in total. The van der Waals surface area contributed by atoms with Gasteiger partial charge in [-0.15, -0.1) is 0 Å². The Morgan fingerprint density at radius 2 is 2.06 bits per heavy atom. The van der Waals surface area contributed by atoms with Crippen LogP contribution in [0.3, 0.4) is 0 Å². The summed E-state index contributed by atoms with van der Waals surface area (Å²) in [6, 6.07) is 5.52. The van der Waals surface area contributed by atoms with Crippen LogP contribution in [0.1, 0.15) is 32.3 Å². The molecule has 1 aromatic rings. The van der Waals surface area contributed by atoms with Gasteiger partial charge in [0.2, 0.25) is 5.91 Å². The lowest BCUT2D eigenvalue weighted by molar-refractivity contribution is -0.125. The van der Waals surface area contributed by atoms with E-state index in [1.165, 1.54) is 0 Å². The molecule has 1 N–H and O–H groups in total. The number of hydrogen-bond donors (Lipinski definition) is 1. The van der Waals surface area contributed by atoms with E-state index in [-0.39, 0.29) is 11.8 Å². The Bertz CT molecular complexity index is 403. The molecule has 0 fully saturated rings. The molecule has 0 saturated carbocycles. The molecule has 0 aliphatic heterocycles. The Morgan fingerprint density at radius 3 is 2.56 bits per heavy atom. The molecular weight excluding hydrogens is 250 g/mol. The Kier molecular flexibility index (Phi) is 5.99. The van der Waals surface area contributed by atoms with Crippen LogP contribution >= 0.6 is 11.6 Å². The number of benzene rings is 1. The van der Waals surface area contributed by atoms with Crippen molar-refractivity contribution in [3.8, 4) is 5.75 Å². The lowest BCUT2D eigenvalue weighted by Crippen LogP contribution is -2.29. The van der Waals surface area contributed by atoms with Gasteiger partial charge in [0.15, 0.2) is 0 Å². The van der Waals surface area contributed by atoms with Gasteiger partial charge >= 0.3 is 0 Å². The zero-order valence-corrected chi connectivity index (χ0v) is 11.9. The molecule has 100 valence electrons. The molecule has 0 unspecified atom stereocenters. The van der Waals surface area contributed by atoms with Gasteiger partial charge in [-0.3, -0.25) is 4.79 Å². The van der Waals surface area contributed by atoms with Crippen LogP contribution in [0.15, 0.2) is 18.2 Å². The van der Waals surface area contributed by atoms with E-state index >= 15 is 0 Å². The SMILES string of the molecule is CCC(CC)C(=O)NCc1ccc(OC)c(Cl)c1. The number of carbonyl (C=O) groups is 1. The molecule has 0 radical (unpaired) electrons. The topological polar surface area (TPSA) is 38.3 Å². The summed E-state index contributed by atoms with van der Waals surface area (Å²) in [5, 5.41) is 3.49. The van der Waals surface area contributed by atoms with Crippen LogP contribution in [-0.2, 0) is 11.3 Å². The summed E-state index contributed by atoms with van der Waals surface area (Å²) < 4.78 is 5.08. The van der Waals surface area contributed by atoms with E-state index in [4.69, 9.17) is 16.3 Å². The summed E-state index contributed by atoms with van der Waals surface area (Å²) in [5.41, 5.74) is 0.972. The lowest BCUT2D eigenvalue weighted by atomic mass is 10.0. The van der Waals surface area contributed by atoms with E-state index in [9.17, 15) is 4.79 Å².